The van der Waals surface area contributed by atoms with Crippen LogP contribution in [0.5, 0.6) is 0 Å². The van der Waals surface area contributed by atoms with Gasteiger partial charge in [0.1, 0.15) is 0 Å². The molecule has 3 aliphatic rings. The molecule has 0 aromatic heterocycles. The zero-order valence-electron chi connectivity index (χ0n) is 14.2. The van der Waals surface area contributed by atoms with E-state index in [0.29, 0.717) is 0 Å². The van der Waals surface area contributed by atoms with Crippen molar-refractivity contribution in [2.24, 2.45) is 35.3 Å². The van der Waals surface area contributed by atoms with Gasteiger partial charge in [0.2, 0.25) is 0 Å². The van der Waals surface area contributed by atoms with Crippen molar-refractivity contribution in [3.05, 3.63) is 0 Å². The zero-order valence-corrected chi connectivity index (χ0v) is 14.2. The van der Waals surface area contributed by atoms with Crippen molar-refractivity contribution < 1.29 is 4.74 Å². The van der Waals surface area contributed by atoms with Gasteiger partial charge in [0.05, 0.1) is 5.60 Å². The van der Waals surface area contributed by atoms with Gasteiger partial charge in [0.25, 0.3) is 0 Å². The third-order valence-electron chi connectivity index (χ3n) is 6.99. The van der Waals surface area contributed by atoms with E-state index < -0.39 is 0 Å². The fourth-order valence-corrected chi connectivity index (χ4v) is 5.58. The summed E-state index contributed by atoms with van der Waals surface area (Å²) in [6.45, 7) is 6.73. The quantitative estimate of drug-likeness (QED) is 0.838. The summed E-state index contributed by atoms with van der Waals surface area (Å²) in [5.74, 6) is 4.30. The number of hydrogen-bond donors (Lipinski definition) is 1. The molecule has 3 fully saturated rings. The monoisotopic (exact) mass is 293 g/mol. The Morgan fingerprint density at radius 1 is 1.14 bits per heavy atom. The van der Waals surface area contributed by atoms with E-state index in [1.165, 1.54) is 57.8 Å². The summed E-state index contributed by atoms with van der Waals surface area (Å²) in [5.41, 5.74) is 6.41. The molecule has 1 heterocycles. The highest BCUT2D eigenvalue weighted by atomic mass is 16.5. The summed E-state index contributed by atoms with van der Waals surface area (Å²) in [7, 11) is 0. The Balaban J connectivity index is 1.69. The van der Waals surface area contributed by atoms with Gasteiger partial charge in [-0.2, -0.15) is 0 Å². The third kappa shape index (κ3) is 3.32. The number of rotatable bonds is 3. The molecule has 2 nitrogen and oxygen atoms in total. The lowest BCUT2D eigenvalue weighted by molar-refractivity contribution is -0.111. The van der Waals surface area contributed by atoms with Crippen molar-refractivity contribution in [2.75, 3.05) is 13.2 Å². The lowest BCUT2D eigenvalue weighted by Gasteiger charge is -2.47. The summed E-state index contributed by atoms with van der Waals surface area (Å²) in [6, 6.07) is 0. The van der Waals surface area contributed by atoms with Gasteiger partial charge in [0, 0.05) is 6.61 Å². The zero-order chi connectivity index (χ0) is 14.9. The normalized spacial score (nSPS) is 40.0. The Labute approximate surface area is 131 Å². The topological polar surface area (TPSA) is 35.2 Å². The molecule has 21 heavy (non-hydrogen) atoms. The highest BCUT2D eigenvalue weighted by Crippen LogP contribution is 2.49. The molecule has 0 bridgehead atoms. The number of hydrogen-bond acceptors (Lipinski definition) is 2. The Morgan fingerprint density at radius 2 is 1.90 bits per heavy atom. The molecule has 1 spiro atoms. The maximum absolute atomic E-state index is 6.26. The van der Waals surface area contributed by atoms with Gasteiger partial charge >= 0.3 is 0 Å². The SMILES string of the molecule is CC(C)C1CCC(CN)C(C2CCOC3(CCCC3)C2)C1. The Morgan fingerprint density at radius 3 is 2.57 bits per heavy atom. The minimum absolute atomic E-state index is 0.271. The average molecular weight is 293 g/mol. The number of nitrogens with two attached hydrogens (primary N) is 1. The van der Waals surface area contributed by atoms with Crippen molar-refractivity contribution in [2.45, 2.75) is 77.2 Å². The van der Waals surface area contributed by atoms with Gasteiger partial charge in [-0.25, -0.2) is 0 Å². The van der Waals surface area contributed by atoms with Crippen molar-refractivity contribution in [1.29, 1.82) is 0 Å². The molecule has 1 aliphatic heterocycles. The van der Waals surface area contributed by atoms with Crippen molar-refractivity contribution >= 4 is 0 Å². The van der Waals surface area contributed by atoms with Crippen LogP contribution in [0.15, 0.2) is 0 Å². The van der Waals surface area contributed by atoms with E-state index in [-0.39, 0.29) is 5.60 Å². The molecule has 2 aliphatic carbocycles. The van der Waals surface area contributed by atoms with Gasteiger partial charge < -0.3 is 10.5 Å². The summed E-state index contributed by atoms with van der Waals surface area (Å²) in [4.78, 5) is 0. The van der Waals surface area contributed by atoms with E-state index in [4.69, 9.17) is 10.5 Å². The molecule has 122 valence electrons. The van der Waals surface area contributed by atoms with Crippen LogP contribution in [-0.4, -0.2) is 18.8 Å². The molecule has 0 amide bonds. The second-order valence-corrected chi connectivity index (χ2v) is 8.47. The maximum atomic E-state index is 6.26. The first kappa shape index (κ1) is 15.8. The fourth-order valence-electron chi connectivity index (χ4n) is 5.58. The van der Waals surface area contributed by atoms with Crippen LogP contribution in [0.25, 0.3) is 0 Å². The first-order chi connectivity index (χ1) is 10.1. The molecular formula is C19H35NO. The molecule has 4 unspecified atom stereocenters. The van der Waals surface area contributed by atoms with Crippen LogP contribution in [-0.2, 0) is 4.74 Å². The van der Waals surface area contributed by atoms with E-state index in [2.05, 4.69) is 13.8 Å². The van der Waals surface area contributed by atoms with Crippen LogP contribution >= 0.6 is 0 Å². The molecular weight excluding hydrogens is 258 g/mol. The van der Waals surface area contributed by atoms with Gasteiger partial charge in [-0.05, 0) is 81.1 Å². The molecule has 4 atom stereocenters. The highest BCUT2D eigenvalue weighted by Gasteiger charge is 2.44. The Kier molecular flexibility index (Phi) is 4.95. The van der Waals surface area contributed by atoms with E-state index in [9.17, 15) is 0 Å². The molecule has 3 rings (SSSR count). The first-order valence-electron chi connectivity index (χ1n) is 9.47. The average Bonchev–Trinajstić information content (AvgIpc) is 2.94. The largest absolute Gasteiger partial charge is 0.375 e. The second kappa shape index (κ2) is 6.58. The van der Waals surface area contributed by atoms with E-state index >= 15 is 0 Å². The second-order valence-electron chi connectivity index (χ2n) is 8.47. The van der Waals surface area contributed by atoms with Crippen LogP contribution in [0.2, 0.25) is 0 Å². The van der Waals surface area contributed by atoms with E-state index in [1.54, 1.807) is 0 Å². The molecule has 2 heteroatoms. The van der Waals surface area contributed by atoms with Crippen LogP contribution in [0, 0.1) is 29.6 Å². The molecule has 0 radical (unpaired) electrons. The summed E-state index contributed by atoms with van der Waals surface area (Å²) >= 11 is 0. The predicted octanol–water partition coefficient (Wildman–Crippen LogP) is 4.37. The maximum Gasteiger partial charge on any atom is 0.0685 e. The molecule has 2 saturated carbocycles. The van der Waals surface area contributed by atoms with Crippen molar-refractivity contribution in [1.82, 2.24) is 0 Å². The van der Waals surface area contributed by atoms with Crippen LogP contribution in [0.1, 0.15) is 71.6 Å². The van der Waals surface area contributed by atoms with Crippen molar-refractivity contribution in [3.8, 4) is 0 Å². The highest BCUT2D eigenvalue weighted by molar-refractivity contribution is 4.95. The van der Waals surface area contributed by atoms with Gasteiger partial charge in [-0.1, -0.05) is 26.7 Å². The van der Waals surface area contributed by atoms with E-state index in [1.807, 2.05) is 0 Å². The third-order valence-corrected chi connectivity index (χ3v) is 6.99. The van der Waals surface area contributed by atoms with Crippen molar-refractivity contribution in [3.63, 3.8) is 0 Å². The van der Waals surface area contributed by atoms with Gasteiger partial charge in [-0.15, -0.1) is 0 Å². The summed E-state index contributed by atoms with van der Waals surface area (Å²) < 4.78 is 6.26. The van der Waals surface area contributed by atoms with E-state index in [0.717, 1.165) is 42.7 Å². The molecule has 2 N–H and O–H groups in total. The Hall–Kier alpha value is -0.0800. The molecule has 1 saturated heterocycles. The van der Waals surface area contributed by atoms with Crippen LogP contribution in [0.4, 0.5) is 0 Å². The standard InChI is InChI=1S/C19H35NO/c1-14(2)15-5-6-17(13-20)18(11-15)16-7-10-21-19(12-16)8-3-4-9-19/h14-18H,3-13,20H2,1-2H3. The van der Waals surface area contributed by atoms with Crippen LogP contribution in [0.3, 0.4) is 0 Å². The summed E-state index contributed by atoms with van der Waals surface area (Å²) in [5, 5.41) is 0. The van der Waals surface area contributed by atoms with Crippen LogP contribution < -0.4 is 5.73 Å². The smallest absolute Gasteiger partial charge is 0.0685 e. The first-order valence-corrected chi connectivity index (χ1v) is 9.47. The lowest BCUT2D eigenvalue weighted by Crippen LogP contribution is -2.44. The number of ether oxygens (including phenoxy) is 1. The van der Waals surface area contributed by atoms with Gasteiger partial charge in [-0.3, -0.25) is 0 Å². The minimum atomic E-state index is 0.271. The minimum Gasteiger partial charge on any atom is -0.375 e. The fraction of sp³-hybridized carbons (Fsp3) is 1.00. The predicted molar refractivity (Wildman–Crippen MR) is 88.1 cm³/mol. The molecule has 0 aromatic rings. The lowest BCUT2D eigenvalue weighted by atomic mass is 9.63. The molecule has 0 aromatic carbocycles. The summed E-state index contributed by atoms with van der Waals surface area (Å²) in [6.07, 6.45) is 12.2. The Bertz CT molecular complexity index is 334. The van der Waals surface area contributed by atoms with Gasteiger partial charge in [0.15, 0.2) is 0 Å².